The molecule has 1 unspecified atom stereocenters. The lowest BCUT2D eigenvalue weighted by atomic mass is 9.94. The summed E-state index contributed by atoms with van der Waals surface area (Å²) in [4.78, 5) is 28.7. The molecule has 1 atom stereocenters. The van der Waals surface area contributed by atoms with Crippen molar-refractivity contribution in [2.45, 2.75) is 26.4 Å². The van der Waals surface area contributed by atoms with Gasteiger partial charge in [0.15, 0.2) is 0 Å². The van der Waals surface area contributed by atoms with E-state index in [0.717, 1.165) is 11.1 Å². The largest absolute Gasteiger partial charge is 0.463 e. The van der Waals surface area contributed by atoms with Crippen LogP contribution in [0.1, 0.15) is 24.1 Å². The van der Waals surface area contributed by atoms with E-state index in [0.29, 0.717) is 17.8 Å². The minimum Gasteiger partial charge on any atom is -0.463 e. The van der Waals surface area contributed by atoms with Crippen molar-refractivity contribution in [1.29, 1.82) is 0 Å². The molecule has 1 aromatic carbocycles. The van der Waals surface area contributed by atoms with Crippen LogP contribution < -0.4 is 10.6 Å². The Kier molecular flexibility index (Phi) is 4.83. The number of imidazole rings is 1. The SMILES string of the molecule is CCOC(=O)C1=C(Cn2ccnc2)NC(=O)NC1c1ccc(C)cc1. The normalized spacial score (nSPS) is 17.0. The molecule has 2 aromatic rings. The van der Waals surface area contributed by atoms with E-state index in [1.54, 1.807) is 30.2 Å². The van der Waals surface area contributed by atoms with Gasteiger partial charge in [-0.2, -0.15) is 0 Å². The number of urea groups is 1. The van der Waals surface area contributed by atoms with Crippen molar-refractivity contribution in [3.63, 3.8) is 0 Å². The zero-order chi connectivity index (χ0) is 17.8. The predicted octanol–water partition coefficient (Wildman–Crippen LogP) is 2.06. The highest BCUT2D eigenvalue weighted by atomic mass is 16.5. The van der Waals surface area contributed by atoms with Gasteiger partial charge in [-0.05, 0) is 19.4 Å². The summed E-state index contributed by atoms with van der Waals surface area (Å²) >= 11 is 0. The molecule has 0 radical (unpaired) electrons. The molecule has 7 heteroatoms. The maximum absolute atomic E-state index is 12.6. The molecular weight excluding hydrogens is 320 g/mol. The molecule has 0 bridgehead atoms. The van der Waals surface area contributed by atoms with Crippen LogP contribution in [0.5, 0.6) is 0 Å². The van der Waals surface area contributed by atoms with Gasteiger partial charge in [0.1, 0.15) is 0 Å². The Balaban J connectivity index is 2.05. The number of aryl methyl sites for hydroxylation is 1. The third-order valence-electron chi connectivity index (χ3n) is 3.96. The van der Waals surface area contributed by atoms with Gasteiger partial charge in [-0.3, -0.25) is 0 Å². The Morgan fingerprint density at radius 3 is 2.72 bits per heavy atom. The van der Waals surface area contributed by atoms with E-state index in [4.69, 9.17) is 4.74 Å². The minimum atomic E-state index is -0.563. The zero-order valence-corrected chi connectivity index (χ0v) is 14.2. The van der Waals surface area contributed by atoms with Crippen LogP contribution in [0, 0.1) is 6.92 Å². The first kappa shape index (κ1) is 16.8. The second-order valence-electron chi connectivity index (χ2n) is 5.79. The minimum absolute atomic E-state index is 0.259. The van der Waals surface area contributed by atoms with Crippen LogP contribution in [-0.2, 0) is 16.1 Å². The number of nitrogens with one attached hydrogen (secondary N) is 2. The van der Waals surface area contributed by atoms with Gasteiger partial charge in [-0.15, -0.1) is 0 Å². The third-order valence-corrected chi connectivity index (χ3v) is 3.96. The molecule has 2 heterocycles. The number of aromatic nitrogens is 2. The summed E-state index contributed by atoms with van der Waals surface area (Å²) in [5.41, 5.74) is 2.83. The molecule has 2 N–H and O–H groups in total. The summed E-state index contributed by atoms with van der Waals surface area (Å²) in [5, 5.41) is 5.55. The molecule has 0 spiro atoms. The summed E-state index contributed by atoms with van der Waals surface area (Å²) in [6, 6.07) is 6.78. The van der Waals surface area contributed by atoms with Gasteiger partial charge in [0, 0.05) is 12.4 Å². The number of amides is 2. The molecule has 25 heavy (non-hydrogen) atoms. The van der Waals surface area contributed by atoms with Crippen LogP contribution in [0.3, 0.4) is 0 Å². The monoisotopic (exact) mass is 340 g/mol. The van der Waals surface area contributed by atoms with Gasteiger partial charge in [0.25, 0.3) is 0 Å². The quantitative estimate of drug-likeness (QED) is 0.816. The molecule has 1 aliphatic rings. The predicted molar refractivity (Wildman–Crippen MR) is 91.5 cm³/mol. The molecule has 2 amide bonds. The molecular formula is C18H20N4O3. The Morgan fingerprint density at radius 2 is 2.08 bits per heavy atom. The summed E-state index contributed by atoms with van der Waals surface area (Å²) in [7, 11) is 0. The molecule has 0 saturated carbocycles. The summed E-state index contributed by atoms with van der Waals surface area (Å²) < 4.78 is 7.01. The Labute approximate surface area is 145 Å². The third kappa shape index (κ3) is 3.71. The van der Waals surface area contributed by atoms with Gasteiger partial charge >= 0.3 is 12.0 Å². The molecule has 1 aromatic heterocycles. The van der Waals surface area contributed by atoms with Crippen molar-refractivity contribution in [2.24, 2.45) is 0 Å². The van der Waals surface area contributed by atoms with E-state index in [1.165, 1.54) is 0 Å². The highest BCUT2D eigenvalue weighted by molar-refractivity contribution is 5.95. The fourth-order valence-corrected chi connectivity index (χ4v) is 2.76. The van der Waals surface area contributed by atoms with Crippen molar-refractivity contribution in [2.75, 3.05) is 6.61 Å². The molecule has 1 aliphatic heterocycles. The van der Waals surface area contributed by atoms with Crippen molar-refractivity contribution >= 4 is 12.0 Å². The van der Waals surface area contributed by atoms with Crippen LogP contribution >= 0.6 is 0 Å². The smallest absolute Gasteiger partial charge is 0.338 e. The lowest BCUT2D eigenvalue weighted by Crippen LogP contribution is -2.46. The highest BCUT2D eigenvalue weighted by Gasteiger charge is 2.33. The maximum atomic E-state index is 12.6. The lowest BCUT2D eigenvalue weighted by molar-refractivity contribution is -0.139. The number of carbonyl (C=O) groups excluding carboxylic acids is 2. The molecule has 0 aliphatic carbocycles. The van der Waals surface area contributed by atoms with Crippen LogP contribution in [-0.4, -0.2) is 28.2 Å². The number of hydrogen-bond donors (Lipinski definition) is 2. The van der Waals surface area contributed by atoms with Crippen molar-refractivity contribution in [3.05, 3.63) is 65.4 Å². The average molecular weight is 340 g/mol. The number of rotatable bonds is 5. The Hall–Kier alpha value is -3.09. The van der Waals surface area contributed by atoms with Gasteiger partial charge in [0.05, 0.1) is 36.8 Å². The maximum Gasteiger partial charge on any atom is 0.338 e. The number of nitrogens with zero attached hydrogens (tertiary/aromatic N) is 2. The van der Waals surface area contributed by atoms with Gasteiger partial charge < -0.3 is 19.9 Å². The average Bonchev–Trinajstić information content (AvgIpc) is 3.08. The summed E-state index contributed by atoms with van der Waals surface area (Å²) in [5.74, 6) is -0.448. The number of allylic oxidation sites excluding steroid dienone is 1. The summed E-state index contributed by atoms with van der Waals surface area (Å²) in [6.45, 7) is 4.32. The Morgan fingerprint density at radius 1 is 1.32 bits per heavy atom. The second kappa shape index (κ2) is 7.21. The highest BCUT2D eigenvalue weighted by Crippen LogP contribution is 2.28. The molecule has 130 valence electrons. The van der Waals surface area contributed by atoms with E-state index in [1.807, 2.05) is 31.2 Å². The number of hydrogen-bond acceptors (Lipinski definition) is 4. The first-order chi connectivity index (χ1) is 12.1. The second-order valence-corrected chi connectivity index (χ2v) is 5.79. The molecule has 3 rings (SSSR count). The topological polar surface area (TPSA) is 85.2 Å². The fourth-order valence-electron chi connectivity index (χ4n) is 2.76. The molecule has 0 saturated heterocycles. The van der Waals surface area contributed by atoms with Crippen molar-refractivity contribution < 1.29 is 14.3 Å². The number of carbonyl (C=O) groups is 2. The Bertz CT molecular complexity index is 794. The van der Waals surface area contributed by atoms with Crippen LogP contribution in [0.25, 0.3) is 0 Å². The first-order valence-corrected chi connectivity index (χ1v) is 8.08. The number of esters is 1. The van der Waals surface area contributed by atoms with Crippen LogP contribution in [0.4, 0.5) is 4.79 Å². The lowest BCUT2D eigenvalue weighted by Gasteiger charge is -2.29. The molecule has 0 fully saturated rings. The number of ether oxygens (including phenoxy) is 1. The van der Waals surface area contributed by atoms with Crippen molar-refractivity contribution in [1.82, 2.24) is 20.2 Å². The van der Waals surface area contributed by atoms with E-state index in [2.05, 4.69) is 15.6 Å². The zero-order valence-electron chi connectivity index (χ0n) is 14.2. The van der Waals surface area contributed by atoms with Gasteiger partial charge in [-0.25, -0.2) is 14.6 Å². The summed E-state index contributed by atoms with van der Waals surface area (Å²) in [6.07, 6.45) is 5.04. The number of benzene rings is 1. The van der Waals surface area contributed by atoms with Gasteiger partial charge in [-0.1, -0.05) is 29.8 Å². The fraction of sp³-hybridized carbons (Fsp3) is 0.278. The van der Waals surface area contributed by atoms with Gasteiger partial charge in [0.2, 0.25) is 0 Å². The van der Waals surface area contributed by atoms with E-state index in [9.17, 15) is 9.59 Å². The van der Waals surface area contributed by atoms with Crippen molar-refractivity contribution in [3.8, 4) is 0 Å². The van der Waals surface area contributed by atoms with Crippen LogP contribution in [0.2, 0.25) is 0 Å². The standard InChI is InChI=1S/C18H20N4O3/c1-3-25-17(23)15-14(10-22-9-8-19-11-22)20-18(24)21-16(15)13-6-4-12(2)5-7-13/h4-9,11,16H,3,10H2,1-2H3,(H2,20,21,24). The van der Waals surface area contributed by atoms with E-state index < -0.39 is 12.0 Å². The van der Waals surface area contributed by atoms with E-state index in [-0.39, 0.29) is 12.6 Å². The van der Waals surface area contributed by atoms with Crippen LogP contribution in [0.15, 0.2) is 54.3 Å². The first-order valence-electron chi connectivity index (χ1n) is 8.08. The van der Waals surface area contributed by atoms with E-state index >= 15 is 0 Å². The molecule has 7 nitrogen and oxygen atoms in total.